The topological polar surface area (TPSA) is 106 Å². The first kappa shape index (κ1) is 22.3. The number of carbonyl (C=O) groups is 2. The molecular formula is C24H27N3O4. The molecule has 0 unspecified atom stereocenters. The van der Waals surface area contributed by atoms with Crippen LogP contribution in [0, 0.1) is 11.3 Å². The summed E-state index contributed by atoms with van der Waals surface area (Å²) in [4.78, 5) is 25.0. The van der Waals surface area contributed by atoms with E-state index in [2.05, 4.69) is 6.07 Å². The fourth-order valence-electron chi connectivity index (χ4n) is 3.39. The van der Waals surface area contributed by atoms with E-state index in [1.54, 1.807) is 32.9 Å². The molecule has 1 fully saturated rings. The second-order valence-corrected chi connectivity index (χ2v) is 8.68. The Bertz CT molecular complexity index is 974. The molecule has 3 rings (SSSR count). The molecule has 1 aliphatic rings. The summed E-state index contributed by atoms with van der Waals surface area (Å²) in [5.41, 5.74) is 7.60. The number of amides is 1. The smallest absolute Gasteiger partial charge is 0.411 e. The number of nitriles is 1. The third-order valence-electron chi connectivity index (χ3n) is 5.12. The average Bonchev–Trinajstić information content (AvgIpc) is 3.42. The Morgan fingerprint density at radius 1 is 1.23 bits per heavy atom. The van der Waals surface area contributed by atoms with Crippen LogP contribution in [0.25, 0.3) is 0 Å². The number of carbonyl (C=O) groups excluding carboxylic acids is 2. The molecule has 7 nitrogen and oxygen atoms in total. The lowest BCUT2D eigenvalue weighted by atomic mass is 10.0. The summed E-state index contributed by atoms with van der Waals surface area (Å²) in [6, 6.07) is 16.4. The quantitative estimate of drug-likeness (QED) is 0.686. The molecule has 31 heavy (non-hydrogen) atoms. The molecule has 0 aromatic heterocycles. The van der Waals surface area contributed by atoms with E-state index in [0.717, 1.165) is 11.1 Å². The van der Waals surface area contributed by atoms with Crippen LogP contribution in [0.5, 0.6) is 5.75 Å². The van der Waals surface area contributed by atoms with E-state index in [9.17, 15) is 9.59 Å². The Morgan fingerprint density at radius 3 is 2.42 bits per heavy atom. The minimum atomic E-state index is -0.731. The van der Waals surface area contributed by atoms with Crippen LogP contribution in [0.4, 0.5) is 4.79 Å². The molecule has 1 amide bonds. The molecule has 162 valence electrons. The maximum absolute atomic E-state index is 12.5. The summed E-state index contributed by atoms with van der Waals surface area (Å²) in [6.45, 7) is 5.66. The molecule has 2 atom stereocenters. The van der Waals surface area contributed by atoms with Crippen molar-refractivity contribution < 1.29 is 19.1 Å². The third-order valence-corrected chi connectivity index (χ3v) is 5.12. The molecule has 1 saturated carbocycles. The van der Waals surface area contributed by atoms with Crippen LogP contribution >= 0.6 is 0 Å². The van der Waals surface area contributed by atoms with Crippen molar-refractivity contribution in [1.82, 2.24) is 4.90 Å². The zero-order valence-corrected chi connectivity index (χ0v) is 18.0. The number of aldehydes is 1. The summed E-state index contributed by atoms with van der Waals surface area (Å²) in [7, 11) is 0. The van der Waals surface area contributed by atoms with E-state index in [1.807, 2.05) is 36.4 Å². The number of hydrogen-bond acceptors (Lipinski definition) is 6. The lowest BCUT2D eigenvalue weighted by Gasteiger charge is -2.27. The van der Waals surface area contributed by atoms with E-state index in [4.69, 9.17) is 20.5 Å². The van der Waals surface area contributed by atoms with Crippen LogP contribution in [0.3, 0.4) is 0 Å². The van der Waals surface area contributed by atoms with Crippen LogP contribution < -0.4 is 10.5 Å². The van der Waals surface area contributed by atoms with E-state index >= 15 is 0 Å². The minimum Gasteiger partial charge on any atom is -0.489 e. The lowest BCUT2D eigenvalue weighted by molar-refractivity contribution is -0.109. The molecule has 0 saturated heterocycles. The highest BCUT2D eigenvalue weighted by molar-refractivity contribution is 5.73. The molecule has 0 aliphatic heterocycles. The standard InChI is InChI=1S/C24H27N3O4/c1-23(2,3)31-22(29)27(12-13-28)21-14-24(21,26)19-8-10-20(11-9-19)30-16-18-6-4-17(15-25)5-7-18/h4-11,13,21H,12,14,16,26H2,1-3H3/t21-,24-/m1/s1. The summed E-state index contributed by atoms with van der Waals surface area (Å²) in [5.74, 6) is 0.686. The van der Waals surface area contributed by atoms with Gasteiger partial charge < -0.3 is 20.0 Å². The lowest BCUT2D eigenvalue weighted by Crippen LogP contribution is -2.43. The first-order valence-electron chi connectivity index (χ1n) is 10.1. The highest BCUT2D eigenvalue weighted by Crippen LogP contribution is 2.47. The molecule has 0 spiro atoms. The van der Waals surface area contributed by atoms with Gasteiger partial charge >= 0.3 is 6.09 Å². The molecule has 0 heterocycles. The van der Waals surface area contributed by atoms with Crippen LogP contribution in [0.2, 0.25) is 0 Å². The summed E-state index contributed by atoms with van der Waals surface area (Å²) in [6.07, 6.45) is 0.688. The van der Waals surface area contributed by atoms with Crippen molar-refractivity contribution in [3.8, 4) is 11.8 Å². The van der Waals surface area contributed by atoms with Crippen molar-refractivity contribution in [2.75, 3.05) is 6.54 Å². The van der Waals surface area contributed by atoms with Crippen molar-refractivity contribution in [3.63, 3.8) is 0 Å². The van der Waals surface area contributed by atoms with E-state index in [0.29, 0.717) is 30.6 Å². The van der Waals surface area contributed by atoms with Crippen molar-refractivity contribution in [2.45, 2.75) is 51.0 Å². The van der Waals surface area contributed by atoms with Gasteiger partial charge in [-0.05, 0) is 62.6 Å². The molecule has 2 N–H and O–H groups in total. The van der Waals surface area contributed by atoms with Gasteiger partial charge in [-0.2, -0.15) is 5.26 Å². The van der Waals surface area contributed by atoms with Gasteiger partial charge in [0.25, 0.3) is 0 Å². The minimum absolute atomic E-state index is 0.0652. The van der Waals surface area contributed by atoms with E-state index < -0.39 is 17.2 Å². The van der Waals surface area contributed by atoms with Gasteiger partial charge in [0.2, 0.25) is 0 Å². The van der Waals surface area contributed by atoms with Crippen LogP contribution in [0.15, 0.2) is 48.5 Å². The number of benzene rings is 2. The number of nitrogens with two attached hydrogens (primary N) is 1. The van der Waals surface area contributed by atoms with Crippen molar-refractivity contribution >= 4 is 12.4 Å². The monoisotopic (exact) mass is 421 g/mol. The number of nitrogens with zero attached hydrogens (tertiary/aromatic N) is 2. The zero-order chi connectivity index (χ0) is 22.6. The fraction of sp³-hybridized carbons (Fsp3) is 0.375. The Hall–Kier alpha value is -3.37. The van der Waals surface area contributed by atoms with Gasteiger partial charge in [-0.3, -0.25) is 4.90 Å². The predicted molar refractivity (Wildman–Crippen MR) is 115 cm³/mol. The molecular weight excluding hydrogens is 394 g/mol. The van der Waals surface area contributed by atoms with Crippen LogP contribution in [0.1, 0.15) is 43.9 Å². The van der Waals surface area contributed by atoms with Gasteiger partial charge in [0.15, 0.2) is 0 Å². The SMILES string of the molecule is CC(C)(C)OC(=O)N(CC=O)[C@@H]1C[C@@]1(N)c1ccc(OCc2ccc(C#N)cc2)cc1. The molecule has 0 radical (unpaired) electrons. The largest absolute Gasteiger partial charge is 0.489 e. The molecule has 2 aromatic carbocycles. The Labute approximate surface area is 182 Å². The van der Waals surface area contributed by atoms with Crippen molar-refractivity contribution in [2.24, 2.45) is 5.73 Å². The second-order valence-electron chi connectivity index (χ2n) is 8.68. The highest BCUT2D eigenvalue weighted by Gasteiger charge is 2.57. The van der Waals surface area contributed by atoms with E-state index in [-0.39, 0.29) is 12.6 Å². The van der Waals surface area contributed by atoms with E-state index in [1.165, 1.54) is 4.90 Å². The zero-order valence-electron chi connectivity index (χ0n) is 18.0. The summed E-state index contributed by atoms with van der Waals surface area (Å²) < 4.78 is 11.2. The Kier molecular flexibility index (Phi) is 6.32. The highest BCUT2D eigenvalue weighted by atomic mass is 16.6. The predicted octanol–water partition coefficient (Wildman–Crippen LogP) is 3.50. The maximum Gasteiger partial charge on any atom is 0.411 e. The Morgan fingerprint density at radius 2 is 1.87 bits per heavy atom. The number of ether oxygens (including phenoxy) is 2. The Balaban J connectivity index is 1.64. The van der Waals surface area contributed by atoms with Gasteiger partial charge in [-0.1, -0.05) is 24.3 Å². The van der Waals surface area contributed by atoms with Crippen LogP contribution in [-0.2, 0) is 21.7 Å². The molecule has 7 heteroatoms. The molecule has 2 aromatic rings. The number of rotatable bonds is 7. The van der Waals surface area contributed by atoms with Gasteiger partial charge in [-0.25, -0.2) is 4.79 Å². The van der Waals surface area contributed by atoms with Crippen LogP contribution in [-0.4, -0.2) is 35.5 Å². The second kappa shape index (κ2) is 8.78. The maximum atomic E-state index is 12.5. The normalized spacial score (nSPS) is 19.8. The summed E-state index contributed by atoms with van der Waals surface area (Å²) >= 11 is 0. The van der Waals surface area contributed by atoms with Crippen molar-refractivity contribution in [3.05, 3.63) is 65.2 Å². The van der Waals surface area contributed by atoms with Gasteiger partial charge in [0.05, 0.1) is 29.8 Å². The molecule has 1 aliphatic carbocycles. The van der Waals surface area contributed by atoms with Crippen molar-refractivity contribution in [1.29, 1.82) is 5.26 Å². The van der Waals surface area contributed by atoms with Gasteiger partial charge in [-0.15, -0.1) is 0 Å². The van der Waals surface area contributed by atoms with Gasteiger partial charge in [0.1, 0.15) is 24.2 Å². The third kappa shape index (κ3) is 5.41. The number of hydrogen-bond donors (Lipinski definition) is 1. The van der Waals surface area contributed by atoms with Gasteiger partial charge in [0, 0.05) is 0 Å². The average molecular weight is 421 g/mol. The fourth-order valence-corrected chi connectivity index (χ4v) is 3.39. The first-order chi connectivity index (χ1) is 14.7. The molecule has 0 bridgehead atoms. The summed E-state index contributed by atoms with van der Waals surface area (Å²) in [5, 5.41) is 8.86. The first-order valence-corrected chi connectivity index (χ1v) is 10.1.